The third-order valence-electron chi connectivity index (χ3n) is 2.77. The molecule has 0 spiro atoms. The second-order valence-corrected chi connectivity index (χ2v) is 5.82. The van der Waals surface area contributed by atoms with E-state index in [-0.39, 0.29) is 11.8 Å². The van der Waals surface area contributed by atoms with Crippen molar-refractivity contribution >= 4 is 21.6 Å². The zero-order valence-corrected chi connectivity index (χ0v) is 13.4. The van der Waals surface area contributed by atoms with Gasteiger partial charge in [0.1, 0.15) is 23.1 Å². The van der Waals surface area contributed by atoms with Gasteiger partial charge in [0.25, 0.3) is 0 Å². The number of ether oxygens (including phenoxy) is 1. The van der Waals surface area contributed by atoms with Gasteiger partial charge in [0.05, 0.1) is 6.10 Å². The van der Waals surface area contributed by atoms with E-state index in [2.05, 4.69) is 21.2 Å². The molecule has 0 unspecified atom stereocenters. The van der Waals surface area contributed by atoms with Crippen molar-refractivity contribution in [2.24, 2.45) is 0 Å². The molecule has 0 bridgehead atoms. The van der Waals surface area contributed by atoms with Gasteiger partial charge in [0.15, 0.2) is 0 Å². The largest absolute Gasteiger partial charge is 0.491 e. The van der Waals surface area contributed by atoms with Gasteiger partial charge in [-0.15, -0.1) is 0 Å². The van der Waals surface area contributed by atoms with Crippen LogP contribution in [0.15, 0.2) is 40.9 Å². The van der Waals surface area contributed by atoms with E-state index >= 15 is 0 Å². The Morgan fingerprint density at radius 1 is 1.10 bits per heavy atom. The van der Waals surface area contributed by atoms with Crippen LogP contribution in [0, 0.1) is 11.6 Å². The van der Waals surface area contributed by atoms with E-state index in [0.717, 1.165) is 11.3 Å². The topological polar surface area (TPSA) is 21.3 Å². The van der Waals surface area contributed by atoms with E-state index in [1.54, 1.807) is 0 Å². The molecule has 0 amide bonds. The maximum absolute atomic E-state index is 13.7. The molecule has 112 valence electrons. The van der Waals surface area contributed by atoms with Crippen LogP contribution in [0.25, 0.3) is 0 Å². The highest BCUT2D eigenvalue weighted by Gasteiger charge is 2.10. The molecule has 0 saturated heterocycles. The summed E-state index contributed by atoms with van der Waals surface area (Å²) < 4.78 is 33.2. The van der Waals surface area contributed by atoms with Crippen LogP contribution in [0.4, 0.5) is 14.5 Å². The zero-order valence-electron chi connectivity index (χ0n) is 11.8. The molecule has 0 aliphatic heterocycles. The molecule has 0 aliphatic rings. The quantitative estimate of drug-likeness (QED) is 0.802. The average molecular weight is 356 g/mol. The van der Waals surface area contributed by atoms with Crippen molar-refractivity contribution < 1.29 is 13.5 Å². The summed E-state index contributed by atoms with van der Waals surface area (Å²) in [7, 11) is 0. The van der Waals surface area contributed by atoms with Crippen LogP contribution in [0.5, 0.6) is 5.75 Å². The Morgan fingerprint density at radius 3 is 2.19 bits per heavy atom. The van der Waals surface area contributed by atoms with Crippen molar-refractivity contribution in [2.75, 3.05) is 5.32 Å². The van der Waals surface area contributed by atoms with Gasteiger partial charge in [-0.2, -0.15) is 0 Å². The van der Waals surface area contributed by atoms with Crippen LogP contribution < -0.4 is 10.1 Å². The van der Waals surface area contributed by atoms with Gasteiger partial charge in [0.2, 0.25) is 0 Å². The van der Waals surface area contributed by atoms with Crippen LogP contribution in [-0.4, -0.2) is 6.10 Å². The number of hydrogen-bond acceptors (Lipinski definition) is 2. The van der Waals surface area contributed by atoms with E-state index in [1.807, 2.05) is 38.1 Å². The maximum Gasteiger partial charge on any atom is 0.150 e. The van der Waals surface area contributed by atoms with E-state index < -0.39 is 11.6 Å². The smallest absolute Gasteiger partial charge is 0.150 e. The van der Waals surface area contributed by atoms with Crippen LogP contribution in [0.2, 0.25) is 0 Å². The average Bonchev–Trinajstić information content (AvgIpc) is 2.38. The second-order valence-electron chi connectivity index (χ2n) is 4.91. The lowest BCUT2D eigenvalue weighted by Crippen LogP contribution is -2.06. The molecular formula is C16H16BrF2NO. The Balaban J connectivity index is 2.03. The normalized spacial score (nSPS) is 10.8. The van der Waals surface area contributed by atoms with Crippen molar-refractivity contribution in [3.8, 4) is 5.75 Å². The first-order valence-electron chi connectivity index (χ1n) is 6.59. The monoisotopic (exact) mass is 355 g/mol. The molecule has 2 aromatic carbocycles. The molecule has 0 radical (unpaired) electrons. The van der Waals surface area contributed by atoms with Crippen LogP contribution in [0.1, 0.15) is 19.4 Å². The van der Waals surface area contributed by atoms with E-state index in [1.165, 1.54) is 12.1 Å². The molecule has 2 aromatic rings. The van der Waals surface area contributed by atoms with Crippen LogP contribution in [-0.2, 0) is 6.54 Å². The molecule has 21 heavy (non-hydrogen) atoms. The Bertz CT molecular complexity index is 591. The minimum Gasteiger partial charge on any atom is -0.491 e. The summed E-state index contributed by atoms with van der Waals surface area (Å²) in [6, 6.07) is 9.85. The molecule has 5 heteroatoms. The first-order chi connectivity index (χ1) is 9.95. The Hall–Kier alpha value is -1.62. The van der Waals surface area contributed by atoms with Gasteiger partial charge in [-0.25, -0.2) is 8.78 Å². The first kappa shape index (κ1) is 15.8. The molecule has 0 aromatic heterocycles. The molecule has 2 rings (SSSR count). The molecule has 1 N–H and O–H groups in total. The van der Waals surface area contributed by atoms with Gasteiger partial charge in [0, 0.05) is 11.0 Å². The van der Waals surface area contributed by atoms with E-state index in [0.29, 0.717) is 11.0 Å². The van der Waals surface area contributed by atoms with Gasteiger partial charge in [-0.3, -0.25) is 0 Å². The fourth-order valence-corrected chi connectivity index (χ4v) is 2.26. The highest BCUT2D eigenvalue weighted by molar-refractivity contribution is 9.10. The van der Waals surface area contributed by atoms with E-state index in [4.69, 9.17) is 4.74 Å². The highest BCUT2D eigenvalue weighted by Crippen LogP contribution is 2.24. The number of rotatable bonds is 5. The predicted octanol–water partition coefficient (Wildman–Crippen LogP) is 5.13. The fraction of sp³-hybridized carbons (Fsp3) is 0.250. The summed E-state index contributed by atoms with van der Waals surface area (Å²) in [6.07, 6.45) is 0.111. The minimum absolute atomic E-state index is 0.111. The minimum atomic E-state index is -0.623. The maximum atomic E-state index is 13.7. The number of hydrogen-bond donors (Lipinski definition) is 1. The SMILES string of the molecule is CC(C)Oc1ccc(CNc2c(F)cc(Br)cc2F)cc1. The van der Waals surface area contributed by atoms with Crippen LogP contribution in [0.3, 0.4) is 0 Å². The Labute approximate surface area is 131 Å². The summed E-state index contributed by atoms with van der Waals surface area (Å²) in [5.41, 5.74) is 0.786. The molecule has 0 aliphatic carbocycles. The van der Waals surface area contributed by atoms with Gasteiger partial charge < -0.3 is 10.1 Å². The van der Waals surface area contributed by atoms with Gasteiger partial charge in [-0.05, 0) is 43.7 Å². The lowest BCUT2D eigenvalue weighted by atomic mass is 10.2. The standard InChI is InChI=1S/C16H16BrF2NO/c1-10(2)21-13-5-3-11(4-6-13)9-20-16-14(18)7-12(17)8-15(16)19/h3-8,10,20H,9H2,1-2H3. The van der Waals surface area contributed by atoms with Crippen LogP contribution >= 0.6 is 15.9 Å². The van der Waals surface area contributed by atoms with Crippen molar-refractivity contribution in [3.05, 3.63) is 58.1 Å². The number of benzene rings is 2. The lowest BCUT2D eigenvalue weighted by molar-refractivity contribution is 0.242. The molecule has 0 saturated carbocycles. The summed E-state index contributed by atoms with van der Waals surface area (Å²) in [5, 5.41) is 2.77. The summed E-state index contributed by atoms with van der Waals surface area (Å²) >= 11 is 3.05. The van der Waals surface area contributed by atoms with Crippen molar-refractivity contribution in [3.63, 3.8) is 0 Å². The third kappa shape index (κ3) is 4.43. The second kappa shape index (κ2) is 6.89. The zero-order chi connectivity index (χ0) is 15.4. The van der Waals surface area contributed by atoms with Crippen molar-refractivity contribution in [1.29, 1.82) is 0 Å². The lowest BCUT2D eigenvalue weighted by Gasteiger charge is -2.12. The molecule has 0 fully saturated rings. The first-order valence-corrected chi connectivity index (χ1v) is 7.39. The predicted molar refractivity (Wildman–Crippen MR) is 83.6 cm³/mol. The van der Waals surface area contributed by atoms with Gasteiger partial charge in [-0.1, -0.05) is 28.1 Å². The fourth-order valence-electron chi connectivity index (χ4n) is 1.86. The highest BCUT2D eigenvalue weighted by atomic mass is 79.9. The number of anilines is 1. The third-order valence-corrected chi connectivity index (χ3v) is 3.23. The Morgan fingerprint density at radius 2 is 1.67 bits per heavy atom. The van der Waals surface area contributed by atoms with Crippen molar-refractivity contribution in [2.45, 2.75) is 26.5 Å². The number of halogens is 3. The van der Waals surface area contributed by atoms with Crippen molar-refractivity contribution in [1.82, 2.24) is 0 Å². The molecule has 2 nitrogen and oxygen atoms in total. The van der Waals surface area contributed by atoms with Gasteiger partial charge >= 0.3 is 0 Å². The summed E-state index contributed by atoms with van der Waals surface area (Å²) in [5.74, 6) is -0.474. The Kier molecular flexibility index (Phi) is 5.17. The number of nitrogens with one attached hydrogen (secondary N) is 1. The summed E-state index contributed by atoms with van der Waals surface area (Å²) in [6.45, 7) is 4.24. The summed E-state index contributed by atoms with van der Waals surface area (Å²) in [4.78, 5) is 0. The molecule has 0 heterocycles. The van der Waals surface area contributed by atoms with E-state index in [9.17, 15) is 8.78 Å². The molecule has 0 atom stereocenters. The molecular weight excluding hydrogens is 340 g/mol.